The number of anilines is 1. The molecule has 2 aliphatic rings. The summed E-state index contributed by atoms with van der Waals surface area (Å²) in [6.45, 7) is 4.67. The Bertz CT molecular complexity index is 474. The highest BCUT2D eigenvalue weighted by Crippen LogP contribution is 2.21. The van der Waals surface area contributed by atoms with Crippen molar-refractivity contribution in [2.24, 2.45) is 0 Å². The molecule has 2 aliphatic heterocycles. The Kier molecular flexibility index (Phi) is 4.36. The van der Waals surface area contributed by atoms with Crippen molar-refractivity contribution < 1.29 is 14.6 Å². The highest BCUT2D eigenvalue weighted by Gasteiger charge is 2.32. The molecule has 1 aromatic rings. The number of hydrogen-bond acceptors (Lipinski definition) is 5. The Morgan fingerprint density at radius 2 is 2.10 bits per heavy atom. The Morgan fingerprint density at radius 3 is 2.71 bits per heavy atom. The van der Waals surface area contributed by atoms with Crippen molar-refractivity contribution in [3.8, 4) is 0 Å². The average molecular weight is 291 g/mol. The second kappa shape index (κ2) is 6.41. The maximum atomic E-state index is 10.9. The molecule has 0 spiro atoms. The molecule has 6 heteroatoms. The van der Waals surface area contributed by atoms with Crippen LogP contribution < -0.4 is 4.90 Å². The number of pyridine rings is 1. The van der Waals surface area contributed by atoms with Gasteiger partial charge >= 0.3 is 5.97 Å². The van der Waals surface area contributed by atoms with Crippen LogP contribution in [0.5, 0.6) is 0 Å². The van der Waals surface area contributed by atoms with E-state index in [1.54, 1.807) is 0 Å². The lowest BCUT2D eigenvalue weighted by Crippen LogP contribution is -2.48. The quantitative estimate of drug-likeness (QED) is 0.886. The van der Waals surface area contributed by atoms with Crippen LogP contribution in [0.2, 0.25) is 0 Å². The third kappa shape index (κ3) is 3.51. The molecule has 0 radical (unpaired) electrons. The van der Waals surface area contributed by atoms with Gasteiger partial charge in [-0.05, 0) is 25.0 Å². The third-order valence-electron chi connectivity index (χ3n) is 4.19. The van der Waals surface area contributed by atoms with Crippen molar-refractivity contribution in [3.63, 3.8) is 0 Å². The van der Waals surface area contributed by atoms with E-state index in [-0.39, 0.29) is 6.10 Å². The Balaban J connectivity index is 1.45. The van der Waals surface area contributed by atoms with Crippen LogP contribution in [0.15, 0.2) is 24.4 Å². The minimum absolute atomic E-state index is 0.0625. The van der Waals surface area contributed by atoms with Gasteiger partial charge in [0.05, 0.1) is 6.10 Å². The lowest BCUT2D eigenvalue weighted by atomic mass is 10.2. The molecule has 2 fully saturated rings. The Hall–Kier alpha value is -1.66. The third-order valence-corrected chi connectivity index (χ3v) is 4.19. The SMILES string of the molecule is O=C(O)C1CCC(CN2CCN(c3ccccn3)CC2)O1. The molecule has 6 nitrogen and oxygen atoms in total. The first kappa shape index (κ1) is 14.3. The lowest BCUT2D eigenvalue weighted by Gasteiger charge is -2.36. The van der Waals surface area contributed by atoms with Crippen LogP contribution in [-0.2, 0) is 9.53 Å². The van der Waals surface area contributed by atoms with Crippen LogP contribution >= 0.6 is 0 Å². The van der Waals surface area contributed by atoms with E-state index >= 15 is 0 Å². The summed E-state index contributed by atoms with van der Waals surface area (Å²) in [7, 11) is 0. The van der Waals surface area contributed by atoms with Gasteiger partial charge in [0.25, 0.3) is 0 Å². The summed E-state index contributed by atoms with van der Waals surface area (Å²) < 4.78 is 5.57. The largest absolute Gasteiger partial charge is 0.479 e. The monoisotopic (exact) mass is 291 g/mol. The zero-order chi connectivity index (χ0) is 14.7. The molecule has 0 amide bonds. The number of carbonyl (C=O) groups is 1. The van der Waals surface area contributed by atoms with Crippen molar-refractivity contribution in [3.05, 3.63) is 24.4 Å². The summed E-state index contributed by atoms with van der Waals surface area (Å²) in [4.78, 5) is 19.9. The van der Waals surface area contributed by atoms with Crippen LogP contribution in [0.4, 0.5) is 5.82 Å². The van der Waals surface area contributed by atoms with Crippen molar-refractivity contribution in [1.29, 1.82) is 0 Å². The van der Waals surface area contributed by atoms with Crippen LogP contribution in [0.1, 0.15) is 12.8 Å². The molecule has 0 saturated carbocycles. The summed E-state index contributed by atoms with van der Waals surface area (Å²) in [5, 5.41) is 8.95. The van der Waals surface area contributed by atoms with Crippen molar-refractivity contribution in [2.75, 3.05) is 37.6 Å². The molecule has 2 unspecified atom stereocenters. The predicted octanol–water partition coefficient (Wildman–Crippen LogP) is 0.836. The van der Waals surface area contributed by atoms with E-state index < -0.39 is 12.1 Å². The second-order valence-electron chi connectivity index (χ2n) is 5.64. The fourth-order valence-corrected chi connectivity index (χ4v) is 3.01. The van der Waals surface area contributed by atoms with Crippen molar-refractivity contribution in [1.82, 2.24) is 9.88 Å². The van der Waals surface area contributed by atoms with E-state index in [0.717, 1.165) is 45.0 Å². The van der Waals surface area contributed by atoms with Gasteiger partial charge in [-0.1, -0.05) is 6.07 Å². The minimum Gasteiger partial charge on any atom is -0.479 e. The van der Waals surface area contributed by atoms with Gasteiger partial charge in [-0.2, -0.15) is 0 Å². The number of carboxylic acids is 1. The lowest BCUT2D eigenvalue weighted by molar-refractivity contribution is -0.149. The molecule has 3 heterocycles. The maximum absolute atomic E-state index is 10.9. The highest BCUT2D eigenvalue weighted by atomic mass is 16.5. The molecule has 2 saturated heterocycles. The van der Waals surface area contributed by atoms with Crippen LogP contribution in [0.25, 0.3) is 0 Å². The predicted molar refractivity (Wildman–Crippen MR) is 78.4 cm³/mol. The minimum atomic E-state index is -0.836. The summed E-state index contributed by atoms with van der Waals surface area (Å²) in [6, 6.07) is 5.97. The molecule has 3 rings (SSSR count). The molecule has 21 heavy (non-hydrogen) atoms. The standard InChI is InChI=1S/C15H21N3O3/c19-15(20)13-5-4-12(21-13)11-17-7-9-18(10-8-17)14-3-1-2-6-16-14/h1-3,6,12-13H,4-5,7-11H2,(H,19,20). The fraction of sp³-hybridized carbons (Fsp3) is 0.600. The zero-order valence-corrected chi connectivity index (χ0v) is 12.0. The second-order valence-corrected chi connectivity index (χ2v) is 5.64. The van der Waals surface area contributed by atoms with Crippen LogP contribution in [-0.4, -0.2) is 65.9 Å². The van der Waals surface area contributed by atoms with E-state index in [1.165, 1.54) is 0 Å². The zero-order valence-electron chi connectivity index (χ0n) is 12.0. The number of aromatic nitrogens is 1. The van der Waals surface area contributed by atoms with Gasteiger partial charge in [0.1, 0.15) is 5.82 Å². The summed E-state index contributed by atoms with van der Waals surface area (Å²) in [5.74, 6) is 0.192. The van der Waals surface area contributed by atoms with Gasteiger partial charge in [-0.25, -0.2) is 9.78 Å². The van der Waals surface area contributed by atoms with E-state index in [1.807, 2.05) is 24.4 Å². The van der Waals surface area contributed by atoms with Crippen molar-refractivity contribution >= 4 is 11.8 Å². The van der Waals surface area contributed by atoms with Gasteiger partial charge in [0.15, 0.2) is 6.10 Å². The smallest absolute Gasteiger partial charge is 0.332 e. The molecule has 2 atom stereocenters. The van der Waals surface area contributed by atoms with Gasteiger partial charge in [0.2, 0.25) is 0 Å². The van der Waals surface area contributed by atoms with E-state index in [4.69, 9.17) is 9.84 Å². The first-order valence-electron chi connectivity index (χ1n) is 7.49. The number of nitrogens with zero attached hydrogens (tertiary/aromatic N) is 3. The topological polar surface area (TPSA) is 65.9 Å². The molecule has 0 aromatic carbocycles. The van der Waals surface area contributed by atoms with E-state index in [0.29, 0.717) is 6.42 Å². The number of ether oxygens (including phenoxy) is 1. The van der Waals surface area contributed by atoms with E-state index in [9.17, 15) is 4.79 Å². The fourth-order valence-electron chi connectivity index (χ4n) is 3.01. The number of piperazine rings is 1. The van der Waals surface area contributed by atoms with E-state index in [2.05, 4.69) is 14.8 Å². The molecular weight excluding hydrogens is 270 g/mol. The van der Waals surface area contributed by atoms with Crippen LogP contribution in [0.3, 0.4) is 0 Å². The Morgan fingerprint density at radius 1 is 1.29 bits per heavy atom. The molecule has 0 aliphatic carbocycles. The summed E-state index contributed by atoms with van der Waals surface area (Å²) in [6.07, 6.45) is 2.75. The average Bonchev–Trinajstić information content (AvgIpc) is 2.98. The number of carboxylic acid groups (broad SMARTS) is 1. The maximum Gasteiger partial charge on any atom is 0.332 e. The molecule has 1 aromatic heterocycles. The number of aliphatic carboxylic acids is 1. The number of rotatable bonds is 4. The normalized spacial score (nSPS) is 27.0. The highest BCUT2D eigenvalue weighted by molar-refractivity contribution is 5.72. The van der Waals surface area contributed by atoms with Gasteiger partial charge in [0, 0.05) is 38.9 Å². The first-order chi connectivity index (χ1) is 10.2. The van der Waals surface area contributed by atoms with Gasteiger partial charge in [-0.3, -0.25) is 4.90 Å². The Labute approximate surface area is 124 Å². The summed E-state index contributed by atoms with van der Waals surface area (Å²) in [5.41, 5.74) is 0. The molecule has 1 N–H and O–H groups in total. The molecule has 0 bridgehead atoms. The first-order valence-corrected chi connectivity index (χ1v) is 7.49. The van der Waals surface area contributed by atoms with Crippen molar-refractivity contribution in [2.45, 2.75) is 25.0 Å². The van der Waals surface area contributed by atoms with Gasteiger partial charge < -0.3 is 14.7 Å². The number of hydrogen-bond donors (Lipinski definition) is 1. The van der Waals surface area contributed by atoms with Crippen LogP contribution in [0, 0.1) is 0 Å². The molecule has 114 valence electrons. The van der Waals surface area contributed by atoms with Gasteiger partial charge in [-0.15, -0.1) is 0 Å². The molecular formula is C15H21N3O3. The summed E-state index contributed by atoms with van der Waals surface area (Å²) >= 11 is 0.